The molecule has 2 nitrogen and oxygen atoms in total. The number of hydrogen-bond acceptors (Lipinski definition) is 3. The van der Waals surface area contributed by atoms with Crippen LogP contribution < -0.4 is 5.73 Å². The van der Waals surface area contributed by atoms with Gasteiger partial charge in [-0.25, -0.2) is 4.98 Å². The van der Waals surface area contributed by atoms with Crippen LogP contribution in [0.15, 0.2) is 23.0 Å². The quantitative estimate of drug-likeness (QED) is 0.659. The molecule has 1 atom stereocenters. The molecule has 0 bridgehead atoms. The molecule has 1 rings (SSSR count). The maximum absolute atomic E-state index is 5.73. The molecule has 0 aromatic carbocycles. The van der Waals surface area contributed by atoms with Gasteiger partial charge in [-0.2, -0.15) is 0 Å². The fraction of sp³-hybridized carbons (Fsp3) is 0.286. The molecule has 0 saturated carbocycles. The molecule has 2 N–H and O–H groups in total. The van der Waals surface area contributed by atoms with Gasteiger partial charge in [0.1, 0.15) is 0 Å². The lowest BCUT2D eigenvalue weighted by Crippen LogP contribution is -2.10. The number of rotatable bonds is 2. The van der Waals surface area contributed by atoms with E-state index < -0.39 is 0 Å². The third-order valence-electron chi connectivity index (χ3n) is 1.30. The first-order valence-electron chi connectivity index (χ1n) is 3.01. The van der Waals surface area contributed by atoms with Gasteiger partial charge in [-0.05, 0) is 6.92 Å². The van der Waals surface area contributed by atoms with E-state index in [1.54, 1.807) is 16.8 Å². The SMILES string of the molecule is C=C(C)C(N)c1cscn1. The van der Waals surface area contributed by atoms with Crippen molar-refractivity contribution in [3.63, 3.8) is 0 Å². The molecule has 10 heavy (non-hydrogen) atoms. The van der Waals surface area contributed by atoms with Crippen molar-refractivity contribution >= 4 is 11.3 Å². The number of aromatic nitrogens is 1. The normalized spacial score (nSPS) is 13.0. The van der Waals surface area contributed by atoms with Crippen LogP contribution in [0.25, 0.3) is 0 Å². The average Bonchev–Trinajstić information content (AvgIpc) is 2.36. The van der Waals surface area contributed by atoms with E-state index in [1.807, 2.05) is 12.3 Å². The molecule has 1 aromatic heterocycles. The topological polar surface area (TPSA) is 38.9 Å². The van der Waals surface area contributed by atoms with Crippen LogP contribution in [0.5, 0.6) is 0 Å². The maximum atomic E-state index is 5.73. The summed E-state index contributed by atoms with van der Waals surface area (Å²) in [4.78, 5) is 4.07. The summed E-state index contributed by atoms with van der Waals surface area (Å²) in [5, 5.41) is 1.94. The third kappa shape index (κ3) is 1.43. The van der Waals surface area contributed by atoms with Crippen molar-refractivity contribution in [3.05, 3.63) is 28.7 Å². The fourth-order valence-electron chi connectivity index (χ4n) is 0.628. The Morgan fingerprint density at radius 2 is 2.60 bits per heavy atom. The second-order valence-corrected chi connectivity index (χ2v) is 2.96. The summed E-state index contributed by atoms with van der Waals surface area (Å²) < 4.78 is 0. The van der Waals surface area contributed by atoms with E-state index in [2.05, 4.69) is 11.6 Å². The Bertz CT molecular complexity index is 216. The van der Waals surface area contributed by atoms with Crippen LogP contribution in [0.4, 0.5) is 0 Å². The van der Waals surface area contributed by atoms with Crippen molar-refractivity contribution in [2.75, 3.05) is 0 Å². The third-order valence-corrected chi connectivity index (χ3v) is 1.91. The van der Waals surface area contributed by atoms with Gasteiger partial charge < -0.3 is 5.73 Å². The Balaban J connectivity index is 2.77. The minimum Gasteiger partial charge on any atom is -0.319 e. The molecule has 0 radical (unpaired) electrons. The van der Waals surface area contributed by atoms with Crippen LogP contribution in [-0.2, 0) is 0 Å². The molecule has 1 heterocycles. The van der Waals surface area contributed by atoms with Crippen molar-refractivity contribution in [1.29, 1.82) is 0 Å². The van der Waals surface area contributed by atoms with Gasteiger partial charge in [0.05, 0.1) is 17.2 Å². The summed E-state index contributed by atoms with van der Waals surface area (Å²) in [5.41, 5.74) is 9.37. The first-order valence-corrected chi connectivity index (χ1v) is 3.95. The zero-order valence-electron chi connectivity index (χ0n) is 5.87. The molecule has 3 heteroatoms. The van der Waals surface area contributed by atoms with Gasteiger partial charge in [-0.15, -0.1) is 11.3 Å². The molecule has 0 aliphatic rings. The Morgan fingerprint density at radius 3 is 3.00 bits per heavy atom. The average molecular weight is 154 g/mol. The molecule has 0 spiro atoms. The summed E-state index contributed by atoms with van der Waals surface area (Å²) in [6.07, 6.45) is 0. The molecule has 0 aliphatic carbocycles. The van der Waals surface area contributed by atoms with E-state index in [9.17, 15) is 0 Å². The Kier molecular flexibility index (Phi) is 2.19. The fourth-order valence-corrected chi connectivity index (χ4v) is 1.22. The zero-order chi connectivity index (χ0) is 7.56. The molecule has 0 aliphatic heterocycles. The van der Waals surface area contributed by atoms with E-state index in [0.717, 1.165) is 11.3 Å². The van der Waals surface area contributed by atoms with Gasteiger partial charge in [0.15, 0.2) is 0 Å². The smallest absolute Gasteiger partial charge is 0.0795 e. The molecule has 1 aromatic rings. The van der Waals surface area contributed by atoms with Crippen LogP contribution in [0.2, 0.25) is 0 Å². The van der Waals surface area contributed by atoms with Crippen molar-refractivity contribution in [2.24, 2.45) is 5.73 Å². The van der Waals surface area contributed by atoms with E-state index in [-0.39, 0.29) is 6.04 Å². The first kappa shape index (κ1) is 7.44. The van der Waals surface area contributed by atoms with E-state index >= 15 is 0 Å². The molecule has 54 valence electrons. The van der Waals surface area contributed by atoms with Crippen molar-refractivity contribution in [2.45, 2.75) is 13.0 Å². The van der Waals surface area contributed by atoms with Crippen LogP contribution in [-0.4, -0.2) is 4.98 Å². The first-order chi connectivity index (χ1) is 4.72. The number of nitrogens with two attached hydrogens (primary N) is 1. The van der Waals surface area contributed by atoms with E-state index in [1.165, 1.54) is 0 Å². The summed E-state index contributed by atoms with van der Waals surface area (Å²) in [7, 11) is 0. The minimum absolute atomic E-state index is 0.0914. The number of hydrogen-bond donors (Lipinski definition) is 1. The second-order valence-electron chi connectivity index (χ2n) is 2.24. The van der Waals surface area contributed by atoms with Crippen molar-refractivity contribution < 1.29 is 0 Å². The molecule has 0 fully saturated rings. The monoisotopic (exact) mass is 154 g/mol. The van der Waals surface area contributed by atoms with Crippen LogP contribution in [0.1, 0.15) is 18.7 Å². The second kappa shape index (κ2) is 2.94. The van der Waals surface area contributed by atoms with E-state index in [0.29, 0.717) is 0 Å². The highest BCUT2D eigenvalue weighted by atomic mass is 32.1. The highest BCUT2D eigenvalue weighted by Crippen LogP contribution is 2.15. The highest BCUT2D eigenvalue weighted by molar-refractivity contribution is 7.07. The van der Waals surface area contributed by atoms with Crippen LogP contribution in [0, 0.1) is 0 Å². The lowest BCUT2D eigenvalue weighted by atomic mass is 10.1. The van der Waals surface area contributed by atoms with Gasteiger partial charge in [0, 0.05) is 5.38 Å². The van der Waals surface area contributed by atoms with Gasteiger partial charge in [0.25, 0.3) is 0 Å². The van der Waals surface area contributed by atoms with E-state index in [4.69, 9.17) is 5.73 Å². The lowest BCUT2D eigenvalue weighted by Gasteiger charge is -2.05. The number of nitrogens with zero attached hydrogens (tertiary/aromatic N) is 1. The van der Waals surface area contributed by atoms with Crippen LogP contribution >= 0.6 is 11.3 Å². The van der Waals surface area contributed by atoms with Gasteiger partial charge in [0.2, 0.25) is 0 Å². The largest absolute Gasteiger partial charge is 0.319 e. The summed E-state index contributed by atoms with van der Waals surface area (Å²) in [6, 6.07) is -0.0914. The Hall–Kier alpha value is -0.670. The van der Waals surface area contributed by atoms with Gasteiger partial charge >= 0.3 is 0 Å². The molecular formula is C7H10N2S. The van der Waals surface area contributed by atoms with Crippen molar-refractivity contribution in [3.8, 4) is 0 Å². The van der Waals surface area contributed by atoms with Gasteiger partial charge in [-0.3, -0.25) is 0 Å². The predicted molar refractivity (Wildman–Crippen MR) is 43.9 cm³/mol. The molecular weight excluding hydrogens is 144 g/mol. The van der Waals surface area contributed by atoms with Crippen LogP contribution in [0.3, 0.4) is 0 Å². The molecule has 0 saturated heterocycles. The summed E-state index contributed by atoms with van der Waals surface area (Å²) >= 11 is 1.55. The zero-order valence-corrected chi connectivity index (χ0v) is 6.69. The predicted octanol–water partition coefficient (Wildman–Crippen LogP) is 1.72. The Morgan fingerprint density at radius 1 is 1.90 bits per heavy atom. The lowest BCUT2D eigenvalue weighted by molar-refractivity contribution is 0.821. The molecule has 0 amide bonds. The summed E-state index contributed by atoms with van der Waals surface area (Å²) in [6.45, 7) is 5.66. The summed E-state index contributed by atoms with van der Waals surface area (Å²) in [5.74, 6) is 0. The maximum Gasteiger partial charge on any atom is 0.0795 e. The standard InChI is InChI=1S/C7H10N2S/c1-5(2)7(8)6-3-10-4-9-6/h3-4,7H,1,8H2,2H3. The molecule has 1 unspecified atom stereocenters. The Labute approximate surface area is 64.4 Å². The minimum atomic E-state index is -0.0914. The highest BCUT2D eigenvalue weighted by Gasteiger charge is 2.06. The van der Waals surface area contributed by atoms with Crippen molar-refractivity contribution in [1.82, 2.24) is 4.98 Å². The van der Waals surface area contributed by atoms with Gasteiger partial charge in [-0.1, -0.05) is 12.2 Å². The number of thiazole rings is 1.